The molecule has 7 heteroatoms. The van der Waals surface area contributed by atoms with Gasteiger partial charge >= 0.3 is 0 Å². The first-order chi connectivity index (χ1) is 15.0. The van der Waals surface area contributed by atoms with Crippen LogP contribution in [0.25, 0.3) is 0 Å². The number of methoxy groups -OCH3 is 1. The third-order valence-corrected chi connectivity index (χ3v) is 6.82. The van der Waals surface area contributed by atoms with E-state index in [1.807, 2.05) is 18.2 Å². The normalized spacial score (nSPS) is 15.1. The average molecular weight is 455 g/mol. The minimum atomic E-state index is -0.281. The van der Waals surface area contributed by atoms with E-state index in [1.165, 1.54) is 18.4 Å². The zero-order valence-corrected chi connectivity index (χ0v) is 18.9. The number of thiophene rings is 1. The first-order valence-electron chi connectivity index (χ1n) is 10.1. The summed E-state index contributed by atoms with van der Waals surface area (Å²) in [5, 5.41) is 6.96. The molecule has 2 amide bonds. The summed E-state index contributed by atoms with van der Waals surface area (Å²) >= 11 is 7.61. The average Bonchev–Trinajstić information content (AvgIpc) is 3.11. The number of rotatable bonds is 5. The molecule has 0 fully saturated rings. The van der Waals surface area contributed by atoms with Crippen LogP contribution >= 0.6 is 22.9 Å². The number of nitrogens with one attached hydrogen (secondary N) is 2. The molecular formula is C24H23ClN2O3S. The Morgan fingerprint density at radius 3 is 2.61 bits per heavy atom. The Morgan fingerprint density at radius 2 is 1.87 bits per heavy atom. The molecule has 0 aliphatic heterocycles. The standard InChI is InChI=1S/C24H23ClN2O3S/c1-14-8-10-17-20(12-14)31-24(27-22(28)15-6-4-3-5-7-15)21(17)23(29)26-18-13-16(25)9-11-19(18)30-2/h3-7,9,11,13-14H,8,10,12H2,1-2H3,(H,26,29)(H,27,28). The highest BCUT2D eigenvalue weighted by Gasteiger charge is 2.29. The number of carbonyl (C=O) groups excluding carboxylic acids is 2. The van der Waals surface area contributed by atoms with Crippen LogP contribution in [0.1, 0.15) is 44.5 Å². The van der Waals surface area contributed by atoms with Crippen LogP contribution in [-0.2, 0) is 12.8 Å². The van der Waals surface area contributed by atoms with Crippen LogP contribution in [0.15, 0.2) is 48.5 Å². The maximum absolute atomic E-state index is 13.4. The Morgan fingerprint density at radius 1 is 1.10 bits per heavy atom. The smallest absolute Gasteiger partial charge is 0.259 e. The van der Waals surface area contributed by atoms with Gasteiger partial charge in [0, 0.05) is 15.5 Å². The Bertz CT molecular complexity index is 1130. The molecule has 1 aromatic heterocycles. The Labute approximate surface area is 190 Å². The lowest BCUT2D eigenvalue weighted by Crippen LogP contribution is -2.19. The third-order valence-electron chi connectivity index (χ3n) is 5.41. The second kappa shape index (κ2) is 9.12. The number of benzene rings is 2. The van der Waals surface area contributed by atoms with E-state index < -0.39 is 0 Å². The number of anilines is 2. The molecule has 2 N–H and O–H groups in total. The molecule has 0 spiro atoms. The number of halogens is 1. The molecule has 3 aromatic rings. The second-order valence-electron chi connectivity index (χ2n) is 7.67. The lowest BCUT2D eigenvalue weighted by atomic mass is 9.88. The van der Waals surface area contributed by atoms with E-state index in [2.05, 4.69) is 17.6 Å². The van der Waals surface area contributed by atoms with Gasteiger partial charge in [0.2, 0.25) is 0 Å². The quantitative estimate of drug-likeness (QED) is 0.493. The molecule has 1 aliphatic carbocycles. The maximum Gasteiger partial charge on any atom is 0.259 e. The molecule has 0 saturated carbocycles. The molecule has 160 valence electrons. The van der Waals surface area contributed by atoms with Gasteiger partial charge in [-0.2, -0.15) is 0 Å². The molecule has 5 nitrogen and oxygen atoms in total. The summed E-state index contributed by atoms with van der Waals surface area (Å²) in [6.07, 6.45) is 2.72. The molecule has 0 bridgehead atoms. The monoisotopic (exact) mass is 454 g/mol. The van der Waals surface area contributed by atoms with Crippen molar-refractivity contribution >= 4 is 45.4 Å². The number of hydrogen-bond acceptors (Lipinski definition) is 4. The lowest BCUT2D eigenvalue weighted by Gasteiger charge is -2.19. The van der Waals surface area contributed by atoms with E-state index in [0.717, 1.165) is 29.7 Å². The molecule has 31 heavy (non-hydrogen) atoms. The van der Waals surface area contributed by atoms with E-state index in [-0.39, 0.29) is 11.8 Å². The van der Waals surface area contributed by atoms with Gasteiger partial charge in [0.25, 0.3) is 11.8 Å². The molecule has 0 saturated heterocycles. The summed E-state index contributed by atoms with van der Waals surface area (Å²) in [5.41, 5.74) is 2.58. The summed E-state index contributed by atoms with van der Waals surface area (Å²) in [5.74, 6) is 0.552. The number of ether oxygens (including phenoxy) is 1. The molecule has 1 unspecified atom stereocenters. The minimum absolute atomic E-state index is 0.235. The van der Waals surface area contributed by atoms with E-state index in [4.69, 9.17) is 16.3 Å². The Balaban J connectivity index is 1.69. The molecular weight excluding hydrogens is 432 g/mol. The van der Waals surface area contributed by atoms with Gasteiger partial charge in [0.15, 0.2) is 0 Å². The topological polar surface area (TPSA) is 67.4 Å². The fraction of sp³-hybridized carbons (Fsp3) is 0.250. The van der Waals surface area contributed by atoms with Crippen molar-refractivity contribution in [2.75, 3.05) is 17.7 Å². The van der Waals surface area contributed by atoms with Crippen LogP contribution in [0.3, 0.4) is 0 Å². The molecule has 0 radical (unpaired) electrons. The highest BCUT2D eigenvalue weighted by atomic mass is 35.5. The minimum Gasteiger partial charge on any atom is -0.495 e. The van der Waals surface area contributed by atoms with Crippen LogP contribution in [0.4, 0.5) is 10.7 Å². The zero-order chi connectivity index (χ0) is 22.0. The number of amides is 2. The molecule has 1 aliphatic rings. The SMILES string of the molecule is COc1ccc(Cl)cc1NC(=O)c1c(NC(=O)c2ccccc2)sc2c1CCC(C)C2. The Kier molecular flexibility index (Phi) is 6.30. The molecule has 1 heterocycles. The predicted octanol–water partition coefficient (Wildman–Crippen LogP) is 6.04. The molecule has 2 aromatic carbocycles. The first-order valence-corrected chi connectivity index (χ1v) is 11.3. The van der Waals surface area contributed by atoms with Crippen molar-refractivity contribution in [2.45, 2.75) is 26.2 Å². The second-order valence-corrected chi connectivity index (χ2v) is 9.22. The largest absolute Gasteiger partial charge is 0.495 e. The summed E-state index contributed by atoms with van der Waals surface area (Å²) in [6, 6.07) is 14.1. The highest BCUT2D eigenvalue weighted by Crippen LogP contribution is 2.40. The van der Waals surface area contributed by atoms with Gasteiger partial charge in [-0.15, -0.1) is 11.3 Å². The van der Waals surface area contributed by atoms with Crippen molar-refractivity contribution < 1.29 is 14.3 Å². The van der Waals surface area contributed by atoms with Crippen molar-refractivity contribution in [3.05, 3.63) is 75.1 Å². The lowest BCUT2D eigenvalue weighted by molar-refractivity contribution is 0.102. The van der Waals surface area contributed by atoms with Crippen LogP contribution in [0.2, 0.25) is 5.02 Å². The van der Waals surface area contributed by atoms with E-state index in [9.17, 15) is 9.59 Å². The van der Waals surface area contributed by atoms with E-state index in [1.54, 1.807) is 30.3 Å². The predicted molar refractivity (Wildman–Crippen MR) is 126 cm³/mol. The van der Waals surface area contributed by atoms with Crippen molar-refractivity contribution in [1.29, 1.82) is 0 Å². The fourth-order valence-corrected chi connectivity index (χ4v) is 5.38. The van der Waals surface area contributed by atoms with Crippen LogP contribution in [0.5, 0.6) is 5.75 Å². The van der Waals surface area contributed by atoms with Crippen LogP contribution in [0, 0.1) is 5.92 Å². The van der Waals surface area contributed by atoms with Gasteiger partial charge in [-0.05, 0) is 61.1 Å². The van der Waals surface area contributed by atoms with Crippen LogP contribution < -0.4 is 15.4 Å². The first kappa shape index (κ1) is 21.4. The highest BCUT2D eigenvalue weighted by molar-refractivity contribution is 7.17. The van der Waals surface area contributed by atoms with Gasteiger partial charge in [0.05, 0.1) is 18.4 Å². The number of fused-ring (bicyclic) bond motifs is 1. The van der Waals surface area contributed by atoms with Crippen molar-refractivity contribution in [3.63, 3.8) is 0 Å². The van der Waals surface area contributed by atoms with Crippen molar-refractivity contribution in [1.82, 2.24) is 0 Å². The fourth-order valence-electron chi connectivity index (χ4n) is 3.81. The van der Waals surface area contributed by atoms with Gasteiger partial charge in [-0.3, -0.25) is 9.59 Å². The summed E-state index contributed by atoms with van der Waals surface area (Å²) in [7, 11) is 1.54. The molecule has 1 atom stereocenters. The number of hydrogen-bond donors (Lipinski definition) is 2. The summed E-state index contributed by atoms with van der Waals surface area (Å²) in [6.45, 7) is 2.21. The molecule has 4 rings (SSSR count). The zero-order valence-electron chi connectivity index (χ0n) is 17.3. The van der Waals surface area contributed by atoms with Gasteiger partial charge in [-0.1, -0.05) is 36.7 Å². The van der Waals surface area contributed by atoms with Gasteiger partial charge in [0.1, 0.15) is 10.8 Å². The van der Waals surface area contributed by atoms with Gasteiger partial charge in [-0.25, -0.2) is 0 Å². The Hall–Kier alpha value is -2.83. The van der Waals surface area contributed by atoms with Gasteiger partial charge < -0.3 is 15.4 Å². The summed E-state index contributed by atoms with van der Waals surface area (Å²) in [4.78, 5) is 27.3. The van der Waals surface area contributed by atoms with E-state index in [0.29, 0.717) is 38.5 Å². The maximum atomic E-state index is 13.4. The number of carbonyl (C=O) groups is 2. The van der Waals surface area contributed by atoms with Crippen molar-refractivity contribution in [3.8, 4) is 5.75 Å². The summed E-state index contributed by atoms with van der Waals surface area (Å²) < 4.78 is 5.36. The van der Waals surface area contributed by atoms with E-state index >= 15 is 0 Å². The van der Waals surface area contributed by atoms with Crippen LogP contribution in [-0.4, -0.2) is 18.9 Å². The third kappa shape index (κ3) is 4.60. The van der Waals surface area contributed by atoms with Crippen molar-refractivity contribution in [2.24, 2.45) is 5.92 Å².